The molecule has 1 aliphatic rings. The number of benzene rings is 3. The van der Waals surface area contributed by atoms with E-state index < -0.39 is 28.5 Å². The van der Waals surface area contributed by atoms with Gasteiger partial charge in [-0.05, 0) is 63.4 Å². The van der Waals surface area contributed by atoms with Crippen LogP contribution in [-0.2, 0) is 26.2 Å². The summed E-state index contributed by atoms with van der Waals surface area (Å²) >= 11 is 0. The van der Waals surface area contributed by atoms with E-state index in [9.17, 15) is 18.0 Å². The summed E-state index contributed by atoms with van der Waals surface area (Å²) in [4.78, 5) is 29.1. The summed E-state index contributed by atoms with van der Waals surface area (Å²) in [6.07, 6.45) is 3.92. The van der Waals surface area contributed by atoms with Crippen LogP contribution >= 0.6 is 0 Å². The molecular formula is C33H41N3O6S. The van der Waals surface area contributed by atoms with Crippen molar-refractivity contribution in [2.75, 3.05) is 25.1 Å². The normalized spacial score (nSPS) is 14.2. The molecule has 0 aromatic heterocycles. The van der Waals surface area contributed by atoms with Crippen molar-refractivity contribution in [3.05, 3.63) is 83.4 Å². The summed E-state index contributed by atoms with van der Waals surface area (Å²) in [6.45, 7) is 5.07. The molecule has 0 radical (unpaired) electrons. The Labute approximate surface area is 254 Å². The number of sulfonamides is 1. The second kappa shape index (κ2) is 13.9. The van der Waals surface area contributed by atoms with Crippen LogP contribution in [0.2, 0.25) is 0 Å². The van der Waals surface area contributed by atoms with Crippen LogP contribution in [0.3, 0.4) is 0 Å². The van der Waals surface area contributed by atoms with Crippen LogP contribution in [0.4, 0.5) is 5.69 Å². The lowest BCUT2D eigenvalue weighted by molar-refractivity contribution is -0.139. The predicted molar refractivity (Wildman–Crippen MR) is 167 cm³/mol. The monoisotopic (exact) mass is 607 g/mol. The molecule has 1 atom stereocenters. The van der Waals surface area contributed by atoms with Crippen LogP contribution < -0.4 is 19.1 Å². The van der Waals surface area contributed by atoms with Crippen LogP contribution in [0.1, 0.15) is 49.3 Å². The summed E-state index contributed by atoms with van der Waals surface area (Å²) in [6, 6.07) is 18.1. The first-order valence-electron chi connectivity index (χ1n) is 14.5. The molecule has 0 aliphatic heterocycles. The summed E-state index contributed by atoms with van der Waals surface area (Å²) < 4.78 is 40.3. The first kappa shape index (κ1) is 31.9. The number of methoxy groups -OCH3 is 2. The average molecular weight is 608 g/mol. The Kier molecular flexibility index (Phi) is 10.3. The molecule has 230 valence electrons. The van der Waals surface area contributed by atoms with E-state index in [0.717, 1.165) is 46.7 Å². The van der Waals surface area contributed by atoms with Crippen LogP contribution in [0.5, 0.6) is 11.5 Å². The third kappa shape index (κ3) is 7.67. The quantitative estimate of drug-likeness (QED) is 0.311. The molecule has 1 fully saturated rings. The standard InChI is InChI=1S/C33H41N3O6S/c1-23-13-16-29(17-14-23)43(39,40)36(30-20-28(41-4)15-18-31(30)42-5)22-32(37)35(21-26-10-8-9-24(2)19-26)25(3)33(38)34-27-11-6-7-12-27/h8-10,13-20,25,27H,6-7,11-12,21-22H2,1-5H3,(H,34,38)/t25-/m1/s1. The van der Waals surface area contributed by atoms with Gasteiger partial charge < -0.3 is 19.7 Å². The van der Waals surface area contributed by atoms with E-state index in [2.05, 4.69) is 5.32 Å². The van der Waals surface area contributed by atoms with Gasteiger partial charge in [-0.25, -0.2) is 8.42 Å². The van der Waals surface area contributed by atoms with Crippen molar-refractivity contribution in [2.45, 2.75) is 70.0 Å². The molecule has 0 heterocycles. The number of amides is 2. The van der Waals surface area contributed by atoms with Crippen LogP contribution in [0.15, 0.2) is 71.6 Å². The Morgan fingerprint density at radius 1 is 0.930 bits per heavy atom. The van der Waals surface area contributed by atoms with Gasteiger partial charge in [0.25, 0.3) is 10.0 Å². The number of carbonyl (C=O) groups is 2. The lowest BCUT2D eigenvalue weighted by Crippen LogP contribution is -2.52. The predicted octanol–water partition coefficient (Wildman–Crippen LogP) is 4.99. The van der Waals surface area contributed by atoms with E-state index in [1.165, 1.54) is 37.3 Å². The molecule has 0 unspecified atom stereocenters. The molecule has 2 amide bonds. The van der Waals surface area contributed by atoms with E-state index in [4.69, 9.17) is 9.47 Å². The van der Waals surface area contributed by atoms with E-state index in [0.29, 0.717) is 5.75 Å². The number of rotatable bonds is 12. The van der Waals surface area contributed by atoms with Crippen LogP contribution in [0, 0.1) is 13.8 Å². The van der Waals surface area contributed by atoms with Crippen molar-refractivity contribution in [1.82, 2.24) is 10.2 Å². The lowest BCUT2D eigenvalue weighted by atomic mass is 10.1. The van der Waals surface area contributed by atoms with Gasteiger partial charge in [0.2, 0.25) is 11.8 Å². The third-order valence-corrected chi connectivity index (χ3v) is 9.62. The number of hydrogen-bond donors (Lipinski definition) is 1. The highest BCUT2D eigenvalue weighted by molar-refractivity contribution is 7.92. The Hall–Kier alpha value is -4.05. The van der Waals surface area contributed by atoms with Crippen LogP contribution in [-0.4, -0.2) is 58.0 Å². The van der Waals surface area contributed by atoms with Crippen molar-refractivity contribution in [3.63, 3.8) is 0 Å². The molecule has 10 heteroatoms. The molecule has 4 rings (SSSR count). The number of aryl methyl sites for hydroxylation is 2. The van der Waals surface area contributed by atoms with Crippen molar-refractivity contribution in [3.8, 4) is 11.5 Å². The topological polar surface area (TPSA) is 105 Å². The maximum atomic E-state index is 14.3. The second-order valence-electron chi connectivity index (χ2n) is 11.0. The average Bonchev–Trinajstić information content (AvgIpc) is 3.51. The summed E-state index contributed by atoms with van der Waals surface area (Å²) in [7, 11) is -1.34. The zero-order valence-electron chi connectivity index (χ0n) is 25.5. The minimum absolute atomic E-state index is 0.0213. The Morgan fingerprint density at radius 2 is 1.63 bits per heavy atom. The van der Waals surface area contributed by atoms with E-state index in [1.54, 1.807) is 31.2 Å². The zero-order valence-corrected chi connectivity index (χ0v) is 26.3. The first-order valence-corrected chi connectivity index (χ1v) is 15.9. The van der Waals surface area contributed by atoms with Gasteiger partial charge in [0.15, 0.2) is 0 Å². The van der Waals surface area contributed by atoms with Gasteiger partial charge in [-0.1, -0.05) is 60.4 Å². The van der Waals surface area contributed by atoms with Gasteiger partial charge in [0, 0.05) is 18.7 Å². The summed E-state index contributed by atoms with van der Waals surface area (Å²) in [5.74, 6) is -0.147. The number of ether oxygens (including phenoxy) is 2. The fraction of sp³-hybridized carbons (Fsp3) is 0.394. The molecule has 1 N–H and O–H groups in total. The van der Waals surface area contributed by atoms with Crippen molar-refractivity contribution >= 4 is 27.5 Å². The van der Waals surface area contributed by atoms with Crippen molar-refractivity contribution in [1.29, 1.82) is 0 Å². The highest BCUT2D eigenvalue weighted by Gasteiger charge is 2.34. The van der Waals surface area contributed by atoms with Crippen LogP contribution in [0.25, 0.3) is 0 Å². The van der Waals surface area contributed by atoms with Crippen molar-refractivity contribution < 1.29 is 27.5 Å². The summed E-state index contributed by atoms with van der Waals surface area (Å²) in [5.41, 5.74) is 2.89. The molecule has 1 saturated carbocycles. The highest BCUT2D eigenvalue weighted by atomic mass is 32.2. The number of carbonyl (C=O) groups excluding carboxylic acids is 2. The molecule has 1 aliphatic carbocycles. The minimum atomic E-state index is -4.25. The highest BCUT2D eigenvalue weighted by Crippen LogP contribution is 2.36. The van der Waals surface area contributed by atoms with E-state index >= 15 is 0 Å². The molecule has 0 saturated heterocycles. The van der Waals surface area contributed by atoms with Gasteiger partial charge >= 0.3 is 0 Å². The van der Waals surface area contributed by atoms with E-state index in [-0.39, 0.29) is 34.8 Å². The smallest absolute Gasteiger partial charge is 0.264 e. The Morgan fingerprint density at radius 3 is 2.26 bits per heavy atom. The number of anilines is 1. The maximum absolute atomic E-state index is 14.3. The SMILES string of the molecule is COc1ccc(OC)c(N(CC(=O)N(Cc2cccc(C)c2)[C@H](C)C(=O)NC2CCCC2)S(=O)(=O)c2ccc(C)cc2)c1. The molecule has 3 aromatic rings. The molecule has 3 aromatic carbocycles. The fourth-order valence-electron chi connectivity index (χ4n) is 5.32. The van der Waals surface area contributed by atoms with Gasteiger partial charge in [0.1, 0.15) is 24.1 Å². The van der Waals surface area contributed by atoms with Gasteiger partial charge in [-0.3, -0.25) is 13.9 Å². The largest absolute Gasteiger partial charge is 0.497 e. The zero-order chi connectivity index (χ0) is 31.1. The Bertz CT molecular complexity index is 1530. The number of hydrogen-bond acceptors (Lipinski definition) is 6. The third-order valence-electron chi connectivity index (χ3n) is 7.85. The molecule has 0 bridgehead atoms. The summed E-state index contributed by atoms with van der Waals surface area (Å²) in [5, 5.41) is 3.09. The number of nitrogens with zero attached hydrogens (tertiary/aromatic N) is 2. The molecular weight excluding hydrogens is 566 g/mol. The lowest BCUT2D eigenvalue weighted by Gasteiger charge is -2.33. The molecule has 9 nitrogen and oxygen atoms in total. The number of nitrogens with one attached hydrogen (secondary N) is 1. The van der Waals surface area contributed by atoms with Gasteiger partial charge in [-0.2, -0.15) is 0 Å². The first-order chi connectivity index (χ1) is 20.5. The maximum Gasteiger partial charge on any atom is 0.264 e. The minimum Gasteiger partial charge on any atom is -0.497 e. The Balaban J connectivity index is 1.76. The molecule has 0 spiro atoms. The van der Waals surface area contributed by atoms with Gasteiger partial charge in [-0.15, -0.1) is 0 Å². The van der Waals surface area contributed by atoms with Gasteiger partial charge in [0.05, 0.1) is 24.8 Å². The van der Waals surface area contributed by atoms with E-state index in [1.807, 2.05) is 38.1 Å². The van der Waals surface area contributed by atoms with Crippen molar-refractivity contribution in [2.24, 2.45) is 0 Å². The fourth-order valence-corrected chi connectivity index (χ4v) is 6.74. The second-order valence-corrected chi connectivity index (χ2v) is 12.9. The molecule has 43 heavy (non-hydrogen) atoms.